The summed E-state index contributed by atoms with van der Waals surface area (Å²) in [4.78, 5) is 25.8. The number of ether oxygens (including phenoxy) is 3. The summed E-state index contributed by atoms with van der Waals surface area (Å²) in [5.41, 5.74) is -1.49. The van der Waals surface area contributed by atoms with Gasteiger partial charge in [-0.15, -0.1) is 0 Å². The van der Waals surface area contributed by atoms with E-state index >= 15 is 0 Å². The monoisotopic (exact) mass is 494 g/mol. The molecule has 0 heterocycles. The third-order valence-corrected chi connectivity index (χ3v) is 11.2. The fourth-order valence-electron chi connectivity index (χ4n) is 9.98. The van der Waals surface area contributed by atoms with Gasteiger partial charge in [-0.25, -0.2) is 4.79 Å². The fraction of sp³-hybridized carbons (Fsp3) is 0.929. The maximum atomic E-state index is 14.1. The highest BCUT2D eigenvalue weighted by molar-refractivity contribution is 5.79. The van der Waals surface area contributed by atoms with Gasteiger partial charge < -0.3 is 14.2 Å². The van der Waals surface area contributed by atoms with Crippen molar-refractivity contribution in [3.05, 3.63) is 0 Å². The third-order valence-electron chi connectivity index (χ3n) is 11.2. The highest BCUT2D eigenvalue weighted by Gasteiger charge is 2.66. The summed E-state index contributed by atoms with van der Waals surface area (Å²) in [6.45, 7) is 3.24. The molecule has 0 spiro atoms. The lowest BCUT2D eigenvalue weighted by Gasteiger charge is -2.63. The molecule has 0 aromatic carbocycles. The zero-order valence-electron chi connectivity index (χ0n) is 21.1. The Kier molecular flexibility index (Phi) is 5.78. The molecular weight excluding hydrogens is 454 g/mol. The van der Waals surface area contributed by atoms with E-state index in [9.17, 15) is 18.4 Å². The molecule has 8 bridgehead atoms. The molecule has 196 valence electrons. The number of carbonyl (C=O) groups excluding carboxylic acids is 2. The van der Waals surface area contributed by atoms with Gasteiger partial charge in [-0.1, -0.05) is 13.8 Å². The first-order valence-corrected chi connectivity index (χ1v) is 14.1. The second kappa shape index (κ2) is 8.39. The molecule has 8 fully saturated rings. The topological polar surface area (TPSA) is 61.8 Å². The van der Waals surface area contributed by atoms with E-state index in [2.05, 4.69) is 0 Å². The van der Waals surface area contributed by atoms with Gasteiger partial charge in [0.2, 0.25) is 0 Å². The summed E-state index contributed by atoms with van der Waals surface area (Å²) in [5.74, 6) is -1.89. The number of esters is 2. The SMILES string of the molecule is CCC(F)(F)C(=O)OC1(CC)C2CC3CC1CC(C(=O)OCOC1C4CC5CC(C4)CC1C5)(C3)C2. The van der Waals surface area contributed by atoms with Crippen LogP contribution in [0.5, 0.6) is 0 Å². The van der Waals surface area contributed by atoms with Gasteiger partial charge in [0.05, 0.1) is 11.5 Å². The maximum absolute atomic E-state index is 14.1. The van der Waals surface area contributed by atoms with Crippen LogP contribution in [-0.4, -0.2) is 36.4 Å². The molecule has 0 aromatic heterocycles. The first-order chi connectivity index (χ1) is 16.7. The van der Waals surface area contributed by atoms with Gasteiger partial charge in [-0.2, -0.15) is 8.78 Å². The Bertz CT molecular complexity index is 827. The summed E-state index contributed by atoms with van der Waals surface area (Å²) >= 11 is 0. The molecule has 8 rings (SSSR count). The number of hydrogen-bond donors (Lipinski definition) is 0. The molecule has 2 unspecified atom stereocenters. The van der Waals surface area contributed by atoms with Gasteiger partial charge in [0.25, 0.3) is 0 Å². The lowest BCUT2D eigenvalue weighted by molar-refractivity contribution is -0.247. The van der Waals surface area contributed by atoms with Crippen LogP contribution in [0.4, 0.5) is 8.78 Å². The van der Waals surface area contributed by atoms with E-state index in [4.69, 9.17) is 14.2 Å². The van der Waals surface area contributed by atoms with Gasteiger partial charge >= 0.3 is 17.9 Å². The summed E-state index contributed by atoms with van der Waals surface area (Å²) in [6.07, 6.45) is 10.1. The Morgan fingerprint density at radius 1 is 0.857 bits per heavy atom. The van der Waals surface area contributed by atoms with E-state index in [1.165, 1.54) is 39.0 Å². The lowest BCUT2D eigenvalue weighted by Crippen LogP contribution is -2.65. The molecule has 8 aliphatic rings. The van der Waals surface area contributed by atoms with Crippen LogP contribution in [0.15, 0.2) is 0 Å². The van der Waals surface area contributed by atoms with Crippen molar-refractivity contribution in [2.24, 2.45) is 46.8 Å². The molecule has 35 heavy (non-hydrogen) atoms. The van der Waals surface area contributed by atoms with E-state index in [0.717, 1.165) is 31.1 Å². The standard InChI is InChI=1S/C28H40F2O5/c1-3-27(35-25(32)28(29,30)4-2)21-10-18-11-22(27)14-26(12-18,13-21)24(31)34-15-33-23-19-6-16-5-17(8-19)9-20(23)7-16/h16-23H,3-15H2,1-2H3. The normalized spacial score (nSPS) is 47.2. The first kappa shape index (κ1) is 24.1. The molecule has 5 nitrogen and oxygen atoms in total. The maximum Gasteiger partial charge on any atom is 0.377 e. The molecule has 2 atom stereocenters. The molecule has 0 saturated heterocycles. The minimum Gasteiger partial charge on any atom is -0.454 e. The smallest absolute Gasteiger partial charge is 0.377 e. The van der Waals surface area contributed by atoms with Crippen LogP contribution in [0.2, 0.25) is 0 Å². The van der Waals surface area contributed by atoms with Crippen molar-refractivity contribution in [2.45, 2.75) is 109 Å². The predicted octanol–water partition coefficient (Wildman–Crippen LogP) is 5.89. The summed E-state index contributed by atoms with van der Waals surface area (Å²) in [7, 11) is 0. The van der Waals surface area contributed by atoms with Crippen molar-refractivity contribution in [3.63, 3.8) is 0 Å². The van der Waals surface area contributed by atoms with E-state index in [1.807, 2.05) is 6.92 Å². The van der Waals surface area contributed by atoms with E-state index < -0.39 is 29.3 Å². The van der Waals surface area contributed by atoms with Crippen LogP contribution in [-0.2, 0) is 23.8 Å². The van der Waals surface area contributed by atoms with Gasteiger partial charge in [0, 0.05) is 18.3 Å². The number of halogens is 2. The highest BCUT2D eigenvalue weighted by Crippen LogP contribution is 2.66. The molecule has 8 saturated carbocycles. The molecule has 0 aromatic rings. The number of carbonyl (C=O) groups is 2. The second-order valence-corrected chi connectivity index (χ2v) is 13.0. The summed E-state index contributed by atoms with van der Waals surface area (Å²) in [5, 5.41) is 0. The average molecular weight is 495 g/mol. The van der Waals surface area contributed by atoms with Crippen molar-refractivity contribution in [2.75, 3.05) is 6.79 Å². The Hall–Kier alpha value is -1.24. The predicted molar refractivity (Wildman–Crippen MR) is 123 cm³/mol. The number of alkyl halides is 2. The largest absolute Gasteiger partial charge is 0.454 e. The van der Waals surface area contributed by atoms with Crippen molar-refractivity contribution in [3.8, 4) is 0 Å². The summed E-state index contributed by atoms with van der Waals surface area (Å²) < 4.78 is 45.9. The van der Waals surface area contributed by atoms with E-state index in [0.29, 0.717) is 37.0 Å². The van der Waals surface area contributed by atoms with Crippen molar-refractivity contribution < 1.29 is 32.6 Å². The van der Waals surface area contributed by atoms with Crippen LogP contribution in [0, 0.1) is 46.8 Å². The zero-order valence-corrected chi connectivity index (χ0v) is 21.1. The van der Waals surface area contributed by atoms with Crippen LogP contribution in [0.25, 0.3) is 0 Å². The third kappa shape index (κ3) is 3.76. The van der Waals surface area contributed by atoms with Crippen molar-refractivity contribution in [1.29, 1.82) is 0 Å². The Labute approximate surface area is 207 Å². The number of hydrogen-bond acceptors (Lipinski definition) is 5. The van der Waals surface area contributed by atoms with Gasteiger partial charge in [-0.05, 0) is 100 Å². The minimum atomic E-state index is -3.47. The average Bonchev–Trinajstić information content (AvgIpc) is 2.82. The molecule has 7 heteroatoms. The minimum absolute atomic E-state index is 0.0181. The Balaban J connectivity index is 1.11. The lowest BCUT2D eigenvalue weighted by atomic mass is 9.44. The second-order valence-electron chi connectivity index (χ2n) is 13.0. The van der Waals surface area contributed by atoms with E-state index in [-0.39, 0.29) is 30.7 Å². The molecule has 0 aliphatic heterocycles. The number of rotatable bonds is 8. The summed E-state index contributed by atoms with van der Waals surface area (Å²) in [6, 6.07) is 0. The van der Waals surface area contributed by atoms with Crippen LogP contribution in [0.3, 0.4) is 0 Å². The molecule has 0 amide bonds. The van der Waals surface area contributed by atoms with Crippen molar-refractivity contribution in [1.82, 2.24) is 0 Å². The van der Waals surface area contributed by atoms with Crippen LogP contribution >= 0.6 is 0 Å². The Morgan fingerprint density at radius 3 is 2.00 bits per heavy atom. The Morgan fingerprint density at radius 2 is 1.46 bits per heavy atom. The first-order valence-electron chi connectivity index (χ1n) is 14.1. The van der Waals surface area contributed by atoms with Gasteiger partial charge in [0.1, 0.15) is 5.60 Å². The van der Waals surface area contributed by atoms with E-state index in [1.54, 1.807) is 0 Å². The molecular formula is C28H40F2O5. The van der Waals surface area contributed by atoms with Gasteiger partial charge in [-0.3, -0.25) is 4.79 Å². The molecule has 8 aliphatic carbocycles. The van der Waals surface area contributed by atoms with Crippen LogP contribution < -0.4 is 0 Å². The fourth-order valence-corrected chi connectivity index (χ4v) is 9.98. The van der Waals surface area contributed by atoms with Crippen molar-refractivity contribution >= 4 is 11.9 Å². The molecule has 0 radical (unpaired) electrons. The highest BCUT2D eigenvalue weighted by atomic mass is 19.3. The zero-order chi connectivity index (χ0) is 24.6. The van der Waals surface area contributed by atoms with Crippen LogP contribution in [0.1, 0.15) is 90.9 Å². The van der Waals surface area contributed by atoms with Gasteiger partial charge in [0.15, 0.2) is 6.79 Å². The quantitative estimate of drug-likeness (QED) is 0.311. The molecule has 0 N–H and O–H groups in total.